The number of hydrogen-bond donors (Lipinski definition) is 2. The number of ether oxygens (including phenoxy) is 1. The summed E-state index contributed by atoms with van der Waals surface area (Å²) in [6, 6.07) is 3.42. The highest BCUT2D eigenvalue weighted by atomic mass is 16.5. The first-order chi connectivity index (χ1) is 9.47. The first-order valence-corrected chi connectivity index (χ1v) is 7.02. The molecular weight excluding hydrogens is 258 g/mol. The molecule has 0 aliphatic carbocycles. The average molecular weight is 283 g/mol. The number of carbonyl (C=O) groups is 1. The van der Waals surface area contributed by atoms with Gasteiger partial charge in [0, 0.05) is 13.5 Å². The van der Waals surface area contributed by atoms with E-state index in [2.05, 4.69) is 5.32 Å². The fourth-order valence-electron chi connectivity index (χ4n) is 1.81. The maximum Gasteiger partial charge on any atom is 0.223 e. The number of carbonyl (C=O) groups excluding carboxylic acids is 1. The van der Waals surface area contributed by atoms with Crippen molar-refractivity contribution < 1.29 is 19.1 Å². The van der Waals surface area contributed by atoms with Crippen molar-refractivity contribution in [1.29, 1.82) is 0 Å². The lowest BCUT2D eigenvalue weighted by atomic mass is 10.0. The summed E-state index contributed by atoms with van der Waals surface area (Å²) in [5, 5.41) is 12.6. The summed E-state index contributed by atoms with van der Waals surface area (Å²) in [5.41, 5.74) is 0. The van der Waals surface area contributed by atoms with Crippen molar-refractivity contribution in [1.82, 2.24) is 5.32 Å². The lowest BCUT2D eigenvalue weighted by molar-refractivity contribution is -0.124. The van der Waals surface area contributed by atoms with Crippen LogP contribution in [0, 0.1) is 5.92 Å². The van der Waals surface area contributed by atoms with E-state index in [1.54, 1.807) is 7.11 Å². The van der Waals surface area contributed by atoms with E-state index in [1.165, 1.54) is 0 Å². The van der Waals surface area contributed by atoms with Gasteiger partial charge in [-0.3, -0.25) is 4.79 Å². The molecule has 1 aromatic rings. The van der Waals surface area contributed by atoms with Gasteiger partial charge in [-0.05, 0) is 18.1 Å². The zero-order valence-corrected chi connectivity index (χ0v) is 12.7. The van der Waals surface area contributed by atoms with E-state index in [0.717, 1.165) is 12.2 Å². The Morgan fingerprint density at radius 1 is 1.45 bits per heavy atom. The minimum absolute atomic E-state index is 0.0527. The van der Waals surface area contributed by atoms with Crippen LogP contribution in [0.1, 0.15) is 44.8 Å². The topological polar surface area (TPSA) is 71.7 Å². The molecule has 2 N–H and O–H groups in total. The van der Waals surface area contributed by atoms with Gasteiger partial charge in [0.25, 0.3) is 0 Å². The van der Waals surface area contributed by atoms with E-state index in [-0.39, 0.29) is 24.3 Å². The molecule has 0 bridgehead atoms. The van der Waals surface area contributed by atoms with Crippen molar-refractivity contribution in [2.45, 2.75) is 45.8 Å². The van der Waals surface area contributed by atoms with E-state index in [0.29, 0.717) is 12.4 Å². The maximum atomic E-state index is 11.9. The molecule has 2 atom stereocenters. The van der Waals surface area contributed by atoms with Crippen LogP contribution in [0.15, 0.2) is 16.5 Å². The van der Waals surface area contributed by atoms with Crippen molar-refractivity contribution in [3.8, 4) is 0 Å². The third-order valence-corrected chi connectivity index (χ3v) is 3.21. The normalized spacial score (nSPS) is 14.3. The van der Waals surface area contributed by atoms with Crippen LogP contribution in [-0.2, 0) is 16.0 Å². The Bertz CT molecular complexity index is 414. The van der Waals surface area contributed by atoms with Gasteiger partial charge in [0.15, 0.2) is 0 Å². The smallest absolute Gasteiger partial charge is 0.223 e. The third kappa shape index (κ3) is 4.98. The second-order valence-corrected chi connectivity index (χ2v) is 5.25. The molecule has 0 fully saturated rings. The van der Waals surface area contributed by atoms with Crippen LogP contribution in [0.25, 0.3) is 0 Å². The number of amides is 1. The molecule has 0 aromatic carbocycles. The molecule has 1 heterocycles. The zero-order chi connectivity index (χ0) is 15.1. The van der Waals surface area contributed by atoms with E-state index in [1.807, 2.05) is 32.9 Å². The van der Waals surface area contributed by atoms with Gasteiger partial charge in [-0.1, -0.05) is 20.8 Å². The standard InChI is InChI=1S/C15H25NO4/c1-5-11-6-7-14(20-11)12(9-19-4)16-15(18)8-13(17)10(2)3/h6-7,10,12-13,17H,5,8-9H2,1-4H3,(H,16,18). The van der Waals surface area contributed by atoms with Crippen LogP contribution in [-0.4, -0.2) is 30.8 Å². The predicted molar refractivity (Wildman–Crippen MR) is 76.3 cm³/mol. The molecule has 0 aliphatic rings. The summed E-state index contributed by atoms with van der Waals surface area (Å²) < 4.78 is 10.8. The lowest BCUT2D eigenvalue weighted by Crippen LogP contribution is -2.34. The molecule has 0 spiro atoms. The van der Waals surface area contributed by atoms with Gasteiger partial charge < -0.3 is 19.6 Å². The van der Waals surface area contributed by atoms with Crippen molar-refractivity contribution >= 4 is 5.91 Å². The molecule has 20 heavy (non-hydrogen) atoms. The average Bonchev–Trinajstić information content (AvgIpc) is 2.86. The largest absolute Gasteiger partial charge is 0.464 e. The molecule has 5 nitrogen and oxygen atoms in total. The number of rotatable bonds is 8. The van der Waals surface area contributed by atoms with Crippen LogP contribution >= 0.6 is 0 Å². The first-order valence-electron chi connectivity index (χ1n) is 7.02. The zero-order valence-electron chi connectivity index (χ0n) is 12.7. The Balaban J connectivity index is 2.64. The van der Waals surface area contributed by atoms with Gasteiger partial charge in [0.05, 0.1) is 19.1 Å². The Morgan fingerprint density at radius 3 is 2.65 bits per heavy atom. The number of aryl methyl sites for hydroxylation is 1. The highest BCUT2D eigenvalue weighted by Crippen LogP contribution is 2.18. The van der Waals surface area contributed by atoms with Crippen molar-refractivity contribution in [2.24, 2.45) is 5.92 Å². The summed E-state index contributed by atoms with van der Waals surface area (Å²) in [4.78, 5) is 11.9. The van der Waals surface area contributed by atoms with Crippen molar-refractivity contribution in [2.75, 3.05) is 13.7 Å². The number of nitrogens with one attached hydrogen (secondary N) is 1. The molecule has 2 unspecified atom stereocenters. The molecule has 0 saturated carbocycles. The molecule has 1 aromatic heterocycles. The minimum atomic E-state index is -0.638. The second kappa shape index (κ2) is 8.07. The van der Waals surface area contributed by atoms with E-state index in [9.17, 15) is 9.90 Å². The van der Waals surface area contributed by atoms with Crippen molar-refractivity contribution in [3.05, 3.63) is 23.7 Å². The first kappa shape index (κ1) is 16.7. The lowest BCUT2D eigenvalue weighted by Gasteiger charge is -2.18. The summed E-state index contributed by atoms with van der Waals surface area (Å²) in [7, 11) is 1.58. The Kier molecular flexibility index (Phi) is 6.75. The highest BCUT2D eigenvalue weighted by molar-refractivity contribution is 5.76. The fourth-order valence-corrected chi connectivity index (χ4v) is 1.81. The minimum Gasteiger partial charge on any atom is -0.464 e. The number of methoxy groups -OCH3 is 1. The quantitative estimate of drug-likeness (QED) is 0.766. The maximum absolute atomic E-state index is 11.9. The molecule has 1 rings (SSSR count). The van der Waals surface area contributed by atoms with Gasteiger partial charge >= 0.3 is 0 Å². The molecule has 114 valence electrons. The summed E-state index contributed by atoms with van der Waals surface area (Å²) in [5.74, 6) is 1.40. The van der Waals surface area contributed by atoms with Crippen LogP contribution in [0.4, 0.5) is 0 Å². The SMILES string of the molecule is CCc1ccc(C(COC)NC(=O)CC(O)C(C)C)o1. The number of hydrogen-bond acceptors (Lipinski definition) is 4. The second-order valence-electron chi connectivity index (χ2n) is 5.25. The summed E-state index contributed by atoms with van der Waals surface area (Å²) in [6.45, 7) is 6.10. The number of aliphatic hydroxyl groups excluding tert-OH is 1. The number of aliphatic hydroxyl groups is 1. The molecule has 0 radical (unpaired) electrons. The van der Waals surface area contributed by atoms with Gasteiger partial charge in [-0.15, -0.1) is 0 Å². The van der Waals surface area contributed by atoms with E-state index >= 15 is 0 Å². The Labute approximate surface area is 120 Å². The Hall–Kier alpha value is -1.33. The van der Waals surface area contributed by atoms with Crippen molar-refractivity contribution in [3.63, 3.8) is 0 Å². The predicted octanol–water partition coefficient (Wildman–Crippen LogP) is 2.05. The van der Waals surface area contributed by atoms with Gasteiger partial charge in [-0.25, -0.2) is 0 Å². The third-order valence-electron chi connectivity index (χ3n) is 3.21. The summed E-state index contributed by atoms with van der Waals surface area (Å²) in [6.07, 6.45) is 0.250. The van der Waals surface area contributed by atoms with E-state index < -0.39 is 6.10 Å². The monoisotopic (exact) mass is 283 g/mol. The van der Waals surface area contributed by atoms with Gasteiger partial charge in [0.2, 0.25) is 5.91 Å². The molecule has 1 amide bonds. The number of furan rings is 1. The Morgan fingerprint density at radius 2 is 2.15 bits per heavy atom. The molecular formula is C15H25NO4. The molecule has 5 heteroatoms. The van der Waals surface area contributed by atoms with Crippen LogP contribution in [0.3, 0.4) is 0 Å². The van der Waals surface area contributed by atoms with Gasteiger partial charge in [0.1, 0.15) is 17.6 Å². The molecule has 0 saturated heterocycles. The highest BCUT2D eigenvalue weighted by Gasteiger charge is 2.21. The molecule has 0 aliphatic heterocycles. The van der Waals surface area contributed by atoms with E-state index in [4.69, 9.17) is 9.15 Å². The summed E-state index contributed by atoms with van der Waals surface area (Å²) >= 11 is 0. The van der Waals surface area contributed by atoms with Crippen LogP contribution in [0.5, 0.6) is 0 Å². The van der Waals surface area contributed by atoms with Crippen LogP contribution in [0.2, 0.25) is 0 Å². The van der Waals surface area contributed by atoms with Gasteiger partial charge in [-0.2, -0.15) is 0 Å². The van der Waals surface area contributed by atoms with Crippen LogP contribution < -0.4 is 5.32 Å². The fraction of sp³-hybridized carbons (Fsp3) is 0.667.